The van der Waals surface area contributed by atoms with E-state index in [4.69, 9.17) is 4.74 Å². The van der Waals surface area contributed by atoms with E-state index in [1.165, 1.54) is 25.7 Å². The van der Waals surface area contributed by atoms with Gasteiger partial charge in [0.1, 0.15) is 0 Å². The zero-order chi connectivity index (χ0) is 11.8. The van der Waals surface area contributed by atoms with Crippen molar-refractivity contribution in [2.75, 3.05) is 33.8 Å². The van der Waals surface area contributed by atoms with Gasteiger partial charge < -0.3 is 15.0 Å². The second-order valence-corrected chi connectivity index (χ2v) is 5.21. The van der Waals surface area contributed by atoms with Crippen LogP contribution in [0.4, 0.5) is 0 Å². The third-order valence-electron chi connectivity index (χ3n) is 2.95. The predicted molar refractivity (Wildman–Crippen MR) is 68.8 cm³/mol. The van der Waals surface area contributed by atoms with Crippen molar-refractivity contribution in [3.05, 3.63) is 0 Å². The lowest BCUT2D eigenvalue weighted by molar-refractivity contribution is 0.0543. The molecule has 96 valence electrons. The molecule has 3 nitrogen and oxygen atoms in total. The summed E-state index contributed by atoms with van der Waals surface area (Å²) in [7, 11) is 4.21. The number of hydrogen-bond donors (Lipinski definition) is 1. The van der Waals surface area contributed by atoms with Gasteiger partial charge in [0.15, 0.2) is 0 Å². The van der Waals surface area contributed by atoms with Gasteiger partial charge in [0.05, 0.1) is 6.10 Å². The average Bonchev–Trinajstić information content (AvgIpc) is 3.03. The van der Waals surface area contributed by atoms with Crippen molar-refractivity contribution in [2.24, 2.45) is 0 Å². The Morgan fingerprint density at radius 2 is 2.06 bits per heavy atom. The van der Waals surface area contributed by atoms with Gasteiger partial charge in [-0.1, -0.05) is 0 Å². The fourth-order valence-electron chi connectivity index (χ4n) is 1.73. The summed E-state index contributed by atoms with van der Waals surface area (Å²) in [5.41, 5.74) is 0. The number of rotatable bonds is 10. The molecule has 0 spiro atoms. The summed E-state index contributed by atoms with van der Waals surface area (Å²) in [6, 6.07) is 0.844. The van der Waals surface area contributed by atoms with Crippen LogP contribution in [0.15, 0.2) is 0 Å². The fraction of sp³-hybridized carbons (Fsp3) is 1.00. The molecule has 0 saturated heterocycles. The number of hydrogen-bond acceptors (Lipinski definition) is 3. The van der Waals surface area contributed by atoms with Gasteiger partial charge in [-0.15, -0.1) is 0 Å². The molecule has 1 fully saturated rings. The van der Waals surface area contributed by atoms with E-state index in [0.717, 1.165) is 32.2 Å². The molecular weight excluding hydrogens is 200 g/mol. The molecule has 1 saturated carbocycles. The summed E-state index contributed by atoms with van der Waals surface area (Å²) in [4.78, 5) is 2.20. The van der Waals surface area contributed by atoms with E-state index in [2.05, 4.69) is 31.2 Å². The summed E-state index contributed by atoms with van der Waals surface area (Å²) in [6.45, 7) is 5.37. The number of ether oxygens (including phenoxy) is 1. The third-order valence-corrected chi connectivity index (χ3v) is 2.95. The highest BCUT2D eigenvalue weighted by atomic mass is 16.5. The minimum atomic E-state index is 0.420. The maximum atomic E-state index is 5.76. The van der Waals surface area contributed by atoms with Crippen molar-refractivity contribution in [3.63, 3.8) is 0 Å². The van der Waals surface area contributed by atoms with E-state index >= 15 is 0 Å². The molecule has 0 aromatic rings. The molecule has 1 aliphatic carbocycles. The largest absolute Gasteiger partial charge is 0.378 e. The Morgan fingerprint density at radius 1 is 1.31 bits per heavy atom. The lowest BCUT2D eigenvalue weighted by Crippen LogP contribution is -2.20. The van der Waals surface area contributed by atoms with Gasteiger partial charge in [0.25, 0.3) is 0 Å². The minimum absolute atomic E-state index is 0.420. The van der Waals surface area contributed by atoms with Crippen LogP contribution in [0.3, 0.4) is 0 Å². The molecule has 1 unspecified atom stereocenters. The van der Waals surface area contributed by atoms with Gasteiger partial charge in [0.2, 0.25) is 0 Å². The summed E-state index contributed by atoms with van der Waals surface area (Å²) in [5, 5.41) is 3.53. The molecule has 0 amide bonds. The molecule has 0 aliphatic heterocycles. The van der Waals surface area contributed by atoms with Crippen LogP contribution in [0, 0.1) is 0 Å². The third kappa shape index (κ3) is 8.08. The molecule has 1 rings (SSSR count). The van der Waals surface area contributed by atoms with Crippen molar-refractivity contribution in [3.8, 4) is 0 Å². The molecule has 3 heteroatoms. The first-order valence-electron chi connectivity index (χ1n) is 6.68. The second kappa shape index (κ2) is 8.04. The van der Waals surface area contributed by atoms with Crippen molar-refractivity contribution in [1.82, 2.24) is 10.2 Å². The van der Waals surface area contributed by atoms with Crippen LogP contribution in [-0.2, 0) is 4.74 Å². The van der Waals surface area contributed by atoms with Gasteiger partial charge in [-0.25, -0.2) is 0 Å². The molecule has 0 aromatic carbocycles. The van der Waals surface area contributed by atoms with Gasteiger partial charge in [-0.2, -0.15) is 0 Å². The van der Waals surface area contributed by atoms with Gasteiger partial charge in [0, 0.05) is 12.6 Å². The van der Waals surface area contributed by atoms with Crippen LogP contribution in [0.1, 0.15) is 39.0 Å². The molecule has 0 radical (unpaired) electrons. The number of nitrogens with zero attached hydrogens (tertiary/aromatic N) is 1. The highest BCUT2D eigenvalue weighted by molar-refractivity contribution is 4.80. The van der Waals surface area contributed by atoms with Gasteiger partial charge in [-0.3, -0.25) is 0 Å². The van der Waals surface area contributed by atoms with Crippen LogP contribution in [0.25, 0.3) is 0 Å². The Labute approximate surface area is 101 Å². The SMILES string of the molecule is CC(CCCNC1CC1)OCCCN(C)C. The van der Waals surface area contributed by atoms with Crippen molar-refractivity contribution < 1.29 is 4.74 Å². The normalized spacial score (nSPS) is 18.0. The highest BCUT2D eigenvalue weighted by Gasteiger charge is 2.19. The van der Waals surface area contributed by atoms with E-state index in [1.54, 1.807) is 0 Å². The molecule has 0 heterocycles. The van der Waals surface area contributed by atoms with Crippen molar-refractivity contribution >= 4 is 0 Å². The molecule has 0 aromatic heterocycles. The Morgan fingerprint density at radius 3 is 2.69 bits per heavy atom. The quantitative estimate of drug-likeness (QED) is 0.578. The Hall–Kier alpha value is -0.120. The summed E-state index contributed by atoms with van der Waals surface area (Å²) in [6.07, 6.45) is 6.75. The fourth-order valence-corrected chi connectivity index (χ4v) is 1.73. The van der Waals surface area contributed by atoms with E-state index < -0.39 is 0 Å². The van der Waals surface area contributed by atoms with Crippen molar-refractivity contribution in [1.29, 1.82) is 0 Å². The van der Waals surface area contributed by atoms with Crippen LogP contribution >= 0.6 is 0 Å². The monoisotopic (exact) mass is 228 g/mol. The first-order valence-corrected chi connectivity index (χ1v) is 6.68. The molecule has 0 bridgehead atoms. The Balaban J connectivity index is 1.79. The zero-order valence-corrected chi connectivity index (χ0v) is 11.2. The van der Waals surface area contributed by atoms with Crippen LogP contribution in [0.2, 0.25) is 0 Å². The molecule has 1 N–H and O–H groups in total. The van der Waals surface area contributed by atoms with Crippen LogP contribution in [-0.4, -0.2) is 50.8 Å². The van der Waals surface area contributed by atoms with Gasteiger partial charge >= 0.3 is 0 Å². The van der Waals surface area contributed by atoms with Crippen LogP contribution in [0.5, 0.6) is 0 Å². The van der Waals surface area contributed by atoms with Gasteiger partial charge in [-0.05, 0) is 66.2 Å². The minimum Gasteiger partial charge on any atom is -0.378 e. The Bertz CT molecular complexity index is 159. The predicted octanol–water partition coefficient (Wildman–Crippen LogP) is 1.88. The first kappa shape index (κ1) is 13.9. The molecular formula is C13H28N2O. The summed E-state index contributed by atoms with van der Waals surface area (Å²) < 4.78 is 5.76. The van der Waals surface area contributed by atoms with Crippen molar-refractivity contribution in [2.45, 2.75) is 51.2 Å². The smallest absolute Gasteiger partial charge is 0.0547 e. The Kier molecular flexibility index (Phi) is 7.01. The van der Waals surface area contributed by atoms with E-state index in [-0.39, 0.29) is 0 Å². The molecule has 16 heavy (non-hydrogen) atoms. The maximum absolute atomic E-state index is 5.76. The first-order chi connectivity index (χ1) is 7.68. The van der Waals surface area contributed by atoms with E-state index in [0.29, 0.717) is 6.10 Å². The standard InChI is InChI=1S/C13H28N2O/c1-12(16-11-5-10-15(2)3)6-4-9-14-13-7-8-13/h12-14H,4-11H2,1-3H3. The average molecular weight is 228 g/mol. The van der Waals surface area contributed by atoms with Crippen LogP contribution < -0.4 is 5.32 Å². The number of nitrogens with one attached hydrogen (secondary N) is 1. The van der Waals surface area contributed by atoms with E-state index in [1.807, 2.05) is 0 Å². The molecule has 1 aliphatic rings. The maximum Gasteiger partial charge on any atom is 0.0547 e. The lowest BCUT2D eigenvalue weighted by Gasteiger charge is -2.14. The molecule has 1 atom stereocenters. The second-order valence-electron chi connectivity index (χ2n) is 5.21. The topological polar surface area (TPSA) is 24.5 Å². The zero-order valence-electron chi connectivity index (χ0n) is 11.2. The summed E-state index contributed by atoms with van der Waals surface area (Å²) >= 11 is 0. The lowest BCUT2D eigenvalue weighted by atomic mass is 10.2. The highest BCUT2D eigenvalue weighted by Crippen LogP contribution is 2.18. The summed E-state index contributed by atoms with van der Waals surface area (Å²) in [5.74, 6) is 0. The van der Waals surface area contributed by atoms with E-state index in [9.17, 15) is 0 Å².